The van der Waals surface area contributed by atoms with Crippen molar-refractivity contribution in [1.82, 2.24) is 10.4 Å². The number of nitrogens with one attached hydrogen (secondary N) is 2. The first kappa shape index (κ1) is 29.1. The van der Waals surface area contributed by atoms with Crippen molar-refractivity contribution in [1.29, 1.82) is 0 Å². The molecule has 0 aliphatic heterocycles. The smallest absolute Gasteiger partial charge is 0.861 e. The van der Waals surface area contributed by atoms with Gasteiger partial charge in [-0.05, 0) is 35.8 Å². The third-order valence-electron chi connectivity index (χ3n) is 4.52. The summed E-state index contributed by atoms with van der Waals surface area (Å²) in [7, 11) is -4.04. The van der Waals surface area contributed by atoms with Crippen LogP contribution in [0.5, 0.6) is 0 Å². The molecule has 0 fully saturated rings. The van der Waals surface area contributed by atoms with Crippen molar-refractivity contribution >= 4 is 19.9 Å². The van der Waals surface area contributed by atoms with Gasteiger partial charge in [0.1, 0.15) is 6.61 Å². The Labute approximate surface area is 208 Å². The summed E-state index contributed by atoms with van der Waals surface area (Å²) >= 11 is 0. The molecule has 1 unspecified atom stereocenters. The van der Waals surface area contributed by atoms with Gasteiger partial charge < -0.3 is 19.7 Å². The van der Waals surface area contributed by atoms with Gasteiger partial charge in [-0.2, -0.15) is 5.09 Å². The molecule has 10 heteroatoms. The van der Waals surface area contributed by atoms with Gasteiger partial charge in [0.05, 0.1) is 6.04 Å². The molecule has 2 atom stereocenters. The molecule has 0 saturated carbocycles. The van der Waals surface area contributed by atoms with Gasteiger partial charge in [-0.25, -0.2) is 9.69 Å². The van der Waals surface area contributed by atoms with Crippen LogP contribution in [0.4, 0.5) is 4.79 Å². The zero-order valence-corrected chi connectivity index (χ0v) is 20.3. The Kier molecular flexibility index (Phi) is 13.3. The molecular formula is C23H31LiN3O5P. The molecule has 0 heterocycles. The van der Waals surface area contributed by atoms with Gasteiger partial charge in [0, 0.05) is 6.54 Å². The Morgan fingerprint density at radius 1 is 1.09 bits per heavy atom. The van der Waals surface area contributed by atoms with Crippen LogP contribution in [0.2, 0.25) is 0 Å². The van der Waals surface area contributed by atoms with E-state index in [2.05, 4.69) is 15.4 Å². The number of carbonyl (C=O) groups is 1. The van der Waals surface area contributed by atoms with E-state index >= 15 is 0 Å². The minimum Gasteiger partial charge on any atom is -0.861 e. The Bertz CT molecular complexity index is 854. The third kappa shape index (κ3) is 12.2. The number of nitrogens with zero attached hydrogens (tertiary/aromatic N) is 1. The second kappa shape index (κ2) is 15.1. The maximum Gasteiger partial charge on any atom is 1.00 e. The van der Waals surface area contributed by atoms with Crippen LogP contribution in [-0.2, 0) is 17.8 Å². The van der Waals surface area contributed by atoms with Gasteiger partial charge in [-0.3, -0.25) is 5.32 Å². The van der Waals surface area contributed by atoms with Crippen LogP contribution in [0.1, 0.15) is 31.4 Å². The predicted octanol–water partition coefficient (Wildman–Crippen LogP) is -1.00. The van der Waals surface area contributed by atoms with Gasteiger partial charge in [0.2, 0.25) is 0 Å². The molecule has 3 N–H and O–H groups in total. The molecule has 0 bridgehead atoms. The minimum absolute atomic E-state index is 0. The molecule has 8 nitrogen and oxygen atoms in total. The van der Waals surface area contributed by atoms with Gasteiger partial charge >= 0.3 is 25.0 Å². The largest absolute Gasteiger partial charge is 1.00 e. The van der Waals surface area contributed by atoms with Crippen molar-refractivity contribution in [3.8, 4) is 0 Å². The number of benzene rings is 2. The first-order chi connectivity index (χ1) is 15.2. The number of rotatable bonds is 12. The predicted molar refractivity (Wildman–Crippen MR) is 123 cm³/mol. The van der Waals surface area contributed by atoms with E-state index in [1.54, 1.807) is 12.1 Å². The summed E-state index contributed by atoms with van der Waals surface area (Å²) < 4.78 is 5.04. The Morgan fingerprint density at radius 3 is 2.24 bits per heavy atom. The summed E-state index contributed by atoms with van der Waals surface area (Å²) in [6.45, 7) is 4.16. The van der Waals surface area contributed by atoms with Gasteiger partial charge in [0.25, 0.3) is 0 Å². The number of carbonyl (C=O) groups excluding carboxylic acids is 1. The van der Waals surface area contributed by atoms with Crippen LogP contribution in [0, 0.1) is 5.92 Å². The fourth-order valence-electron chi connectivity index (χ4n) is 2.97. The standard InChI is InChI=1S/C23H32N3O5P.Li/c1-18(2)15-21(22(27)24-14-13-19-9-5-3-6-10-19)26-32(29,30)17-25-23(28)31-16-20-11-7-4-8-12-20;/h3-12,18,21H,13-17H2,1-2H3,(H,24,27)(H,25,28)(H2,26,29,30);/q;+1/p-1/t21-;/m0./s1. The molecular weight excluding hydrogens is 436 g/mol. The summed E-state index contributed by atoms with van der Waals surface area (Å²) in [4.78, 5) is 38.8. The molecule has 0 radical (unpaired) electrons. The van der Waals surface area contributed by atoms with Crippen LogP contribution in [-0.4, -0.2) is 35.8 Å². The number of hydrogen-bond acceptors (Lipinski definition) is 7. The first-order valence-corrected chi connectivity index (χ1v) is 12.4. The van der Waals surface area contributed by atoms with E-state index in [1.807, 2.05) is 62.4 Å². The number of aliphatic imine (C=N–C) groups is 1. The van der Waals surface area contributed by atoms with Crippen molar-refractivity contribution in [2.45, 2.75) is 39.3 Å². The van der Waals surface area contributed by atoms with Crippen molar-refractivity contribution < 1.29 is 43.3 Å². The van der Waals surface area contributed by atoms with Crippen LogP contribution >= 0.6 is 7.87 Å². The normalized spacial score (nSPS) is 14.2. The van der Waals surface area contributed by atoms with E-state index in [0.717, 1.165) is 11.1 Å². The zero-order chi connectivity index (χ0) is 23.4. The fraction of sp³-hybridized carbons (Fsp3) is 0.391. The van der Waals surface area contributed by atoms with E-state index in [0.29, 0.717) is 19.4 Å². The topological polar surface area (TPSA) is 129 Å². The molecule has 0 aliphatic rings. The quantitative estimate of drug-likeness (QED) is 0.159. The first-order valence-electron chi connectivity index (χ1n) is 10.5. The van der Waals surface area contributed by atoms with Crippen molar-refractivity contribution in [2.75, 3.05) is 12.8 Å². The van der Waals surface area contributed by atoms with Crippen molar-refractivity contribution in [2.24, 2.45) is 10.9 Å². The molecule has 0 aromatic heterocycles. The number of hydrogen-bond donors (Lipinski definition) is 3. The van der Waals surface area contributed by atoms with Crippen LogP contribution in [0.25, 0.3) is 0 Å². The van der Waals surface area contributed by atoms with E-state index in [-0.39, 0.29) is 31.4 Å². The van der Waals surface area contributed by atoms with Crippen LogP contribution in [0.3, 0.4) is 0 Å². The second-order valence-corrected chi connectivity index (χ2v) is 9.84. The van der Waals surface area contributed by atoms with E-state index in [1.165, 1.54) is 0 Å². The maximum absolute atomic E-state index is 12.6. The van der Waals surface area contributed by atoms with Crippen molar-refractivity contribution in [3.63, 3.8) is 0 Å². The molecule has 0 aliphatic carbocycles. The van der Waals surface area contributed by atoms with E-state index in [9.17, 15) is 19.7 Å². The third-order valence-corrected chi connectivity index (χ3v) is 5.83. The van der Waals surface area contributed by atoms with Crippen LogP contribution < -0.4 is 39.3 Å². The molecule has 33 heavy (non-hydrogen) atoms. The molecule has 2 aromatic rings. The minimum atomic E-state index is -4.04. The van der Waals surface area contributed by atoms with E-state index in [4.69, 9.17) is 4.74 Å². The number of amides is 1. The second-order valence-electron chi connectivity index (χ2n) is 7.86. The molecule has 2 aromatic carbocycles. The average molecular weight is 467 g/mol. The van der Waals surface area contributed by atoms with Gasteiger partial charge in [-0.15, -0.1) is 0 Å². The summed E-state index contributed by atoms with van der Waals surface area (Å²) in [6, 6.07) is 17.8. The van der Waals surface area contributed by atoms with E-state index < -0.39 is 32.2 Å². The monoisotopic (exact) mass is 467 g/mol. The molecule has 0 spiro atoms. The fourth-order valence-corrected chi connectivity index (χ4v) is 4.10. The SMILES string of the molecule is CC(C)C[C@H](N[P+]([O-])(O)CNC(=O)OCc1ccccc1)C([O-])=NCCc1ccccc1.[Li+]. The van der Waals surface area contributed by atoms with Gasteiger partial charge in [0.15, 0.2) is 14.2 Å². The van der Waals surface area contributed by atoms with Gasteiger partial charge in [-0.1, -0.05) is 74.5 Å². The molecule has 2 rings (SSSR count). The number of alkyl carbamates (subject to hydrolysis) is 1. The Balaban J connectivity index is 0.00000544. The summed E-state index contributed by atoms with van der Waals surface area (Å²) in [5, 5.41) is 17.3. The Hall–Kier alpha value is -1.91. The number of ether oxygens (including phenoxy) is 1. The zero-order valence-electron chi connectivity index (χ0n) is 19.4. The molecule has 174 valence electrons. The van der Waals surface area contributed by atoms with Crippen LogP contribution in [0.15, 0.2) is 65.7 Å². The molecule has 0 saturated heterocycles. The maximum atomic E-state index is 12.6. The summed E-state index contributed by atoms with van der Waals surface area (Å²) in [5.74, 6) is -0.375. The summed E-state index contributed by atoms with van der Waals surface area (Å²) in [5.41, 5.74) is 1.86. The van der Waals surface area contributed by atoms with Crippen molar-refractivity contribution in [3.05, 3.63) is 71.8 Å². The average Bonchev–Trinajstić information content (AvgIpc) is 2.77. The summed E-state index contributed by atoms with van der Waals surface area (Å²) in [6.07, 6.45) is -0.431. The molecule has 1 amide bonds. The Morgan fingerprint density at radius 2 is 1.67 bits per heavy atom.